The largest absolute Gasteiger partial charge is 0.329 e. The second-order valence-electron chi connectivity index (χ2n) is 2.86. The van der Waals surface area contributed by atoms with Gasteiger partial charge in [-0.15, -0.1) is 0 Å². The van der Waals surface area contributed by atoms with Gasteiger partial charge in [0, 0.05) is 26.7 Å². The Morgan fingerprint density at radius 1 is 1.46 bits per heavy atom. The molecular weight excluding hydrogens is 190 g/mol. The number of rotatable bonds is 7. The van der Waals surface area contributed by atoms with Crippen LogP contribution in [0.25, 0.3) is 0 Å². The first-order valence-corrected chi connectivity index (χ1v) is 5.89. The van der Waals surface area contributed by atoms with Gasteiger partial charge in [-0.2, -0.15) is 12.7 Å². The Morgan fingerprint density at radius 3 is 2.54 bits per heavy atom. The predicted molar refractivity (Wildman–Crippen MR) is 53.5 cm³/mol. The average molecular weight is 209 g/mol. The molecule has 3 N–H and O–H groups in total. The molecule has 0 aliphatic carbocycles. The highest BCUT2D eigenvalue weighted by atomic mass is 32.2. The number of unbranched alkanes of at least 4 members (excludes halogenated alkanes) is 1. The number of nitrogens with zero attached hydrogens (tertiary/aromatic N) is 1. The van der Waals surface area contributed by atoms with E-state index >= 15 is 0 Å². The zero-order valence-electron chi connectivity index (χ0n) is 8.28. The fourth-order valence-corrected chi connectivity index (χ4v) is 1.76. The van der Waals surface area contributed by atoms with Crippen LogP contribution in [0.5, 0.6) is 0 Å². The summed E-state index contributed by atoms with van der Waals surface area (Å²) in [5.41, 5.74) is 5.19. The van der Waals surface area contributed by atoms with Gasteiger partial charge in [0.1, 0.15) is 0 Å². The summed E-state index contributed by atoms with van der Waals surface area (Å²) in [5.74, 6) is 0. The van der Waals surface area contributed by atoms with E-state index in [1.807, 2.05) is 6.92 Å². The molecular formula is C7H19N3O2S. The normalized spacial score (nSPS) is 12.3. The highest BCUT2D eigenvalue weighted by molar-refractivity contribution is 7.87. The van der Waals surface area contributed by atoms with Crippen LogP contribution in [0.4, 0.5) is 0 Å². The van der Waals surface area contributed by atoms with Crippen LogP contribution in [0, 0.1) is 0 Å². The molecule has 0 radical (unpaired) electrons. The zero-order valence-corrected chi connectivity index (χ0v) is 9.10. The Labute approximate surface area is 80.5 Å². The smallest absolute Gasteiger partial charge is 0.279 e. The van der Waals surface area contributed by atoms with E-state index in [1.54, 1.807) is 7.05 Å². The lowest BCUT2D eigenvalue weighted by atomic mass is 10.3. The van der Waals surface area contributed by atoms with E-state index in [-0.39, 0.29) is 0 Å². The summed E-state index contributed by atoms with van der Waals surface area (Å²) in [5, 5.41) is 0. The minimum Gasteiger partial charge on any atom is -0.329 e. The van der Waals surface area contributed by atoms with Crippen molar-refractivity contribution < 1.29 is 8.42 Å². The molecule has 0 atom stereocenters. The van der Waals surface area contributed by atoms with E-state index in [0.717, 1.165) is 12.8 Å². The standard InChI is InChI=1S/C7H19N3O2S/c1-3-4-7-10(2)13(11,12)9-6-5-8/h9H,3-8H2,1-2H3. The Balaban J connectivity index is 3.96. The molecule has 0 aliphatic rings. The molecule has 0 aromatic rings. The highest BCUT2D eigenvalue weighted by Gasteiger charge is 2.14. The van der Waals surface area contributed by atoms with Crippen molar-refractivity contribution >= 4 is 10.2 Å². The van der Waals surface area contributed by atoms with Gasteiger partial charge in [0.2, 0.25) is 0 Å². The number of nitrogens with one attached hydrogen (secondary N) is 1. The SMILES string of the molecule is CCCCN(C)S(=O)(=O)NCCN. The lowest BCUT2D eigenvalue weighted by Gasteiger charge is -2.16. The second-order valence-corrected chi connectivity index (χ2v) is 4.73. The molecule has 0 aromatic heterocycles. The Bertz CT molecular complexity index is 216. The fraction of sp³-hybridized carbons (Fsp3) is 1.00. The van der Waals surface area contributed by atoms with Crippen molar-refractivity contribution in [3.63, 3.8) is 0 Å². The molecule has 80 valence electrons. The van der Waals surface area contributed by atoms with Crippen molar-refractivity contribution in [1.29, 1.82) is 0 Å². The summed E-state index contributed by atoms with van der Waals surface area (Å²) in [6, 6.07) is 0. The second kappa shape index (κ2) is 6.31. The van der Waals surface area contributed by atoms with Crippen molar-refractivity contribution in [3.8, 4) is 0 Å². The first-order chi connectivity index (χ1) is 6.04. The lowest BCUT2D eigenvalue weighted by molar-refractivity contribution is 0.449. The van der Waals surface area contributed by atoms with Crippen LogP contribution in [0.15, 0.2) is 0 Å². The van der Waals surface area contributed by atoms with E-state index < -0.39 is 10.2 Å². The van der Waals surface area contributed by atoms with E-state index in [1.165, 1.54) is 4.31 Å². The first-order valence-electron chi connectivity index (χ1n) is 4.45. The van der Waals surface area contributed by atoms with Gasteiger partial charge in [-0.3, -0.25) is 0 Å². The van der Waals surface area contributed by atoms with Crippen molar-refractivity contribution in [2.45, 2.75) is 19.8 Å². The van der Waals surface area contributed by atoms with Crippen LogP contribution in [0.2, 0.25) is 0 Å². The van der Waals surface area contributed by atoms with Gasteiger partial charge in [-0.25, -0.2) is 4.72 Å². The molecule has 0 aliphatic heterocycles. The molecule has 0 saturated carbocycles. The molecule has 6 heteroatoms. The third kappa shape index (κ3) is 5.20. The van der Waals surface area contributed by atoms with Crippen molar-refractivity contribution in [2.75, 3.05) is 26.7 Å². The molecule has 0 spiro atoms. The molecule has 0 bridgehead atoms. The van der Waals surface area contributed by atoms with Crippen molar-refractivity contribution in [2.24, 2.45) is 5.73 Å². The third-order valence-electron chi connectivity index (χ3n) is 1.67. The Hall–Kier alpha value is -0.170. The maximum atomic E-state index is 11.4. The minimum atomic E-state index is -3.29. The molecule has 0 saturated heterocycles. The number of hydrogen-bond donors (Lipinski definition) is 2. The van der Waals surface area contributed by atoms with E-state index in [9.17, 15) is 8.42 Å². The van der Waals surface area contributed by atoms with Crippen molar-refractivity contribution in [3.05, 3.63) is 0 Å². The Morgan fingerprint density at radius 2 is 2.08 bits per heavy atom. The molecule has 5 nitrogen and oxygen atoms in total. The molecule has 13 heavy (non-hydrogen) atoms. The average Bonchev–Trinajstić information content (AvgIpc) is 2.10. The van der Waals surface area contributed by atoms with Gasteiger partial charge < -0.3 is 5.73 Å². The van der Waals surface area contributed by atoms with Gasteiger partial charge in [-0.05, 0) is 6.42 Å². The van der Waals surface area contributed by atoms with Crippen LogP contribution in [0.3, 0.4) is 0 Å². The van der Waals surface area contributed by atoms with E-state index in [0.29, 0.717) is 19.6 Å². The summed E-state index contributed by atoms with van der Waals surface area (Å²) in [4.78, 5) is 0. The van der Waals surface area contributed by atoms with Gasteiger partial charge >= 0.3 is 0 Å². The minimum absolute atomic E-state index is 0.290. The van der Waals surface area contributed by atoms with Crippen LogP contribution >= 0.6 is 0 Å². The quantitative estimate of drug-likeness (QED) is 0.594. The summed E-state index contributed by atoms with van der Waals surface area (Å²) < 4.78 is 26.4. The fourth-order valence-electron chi connectivity index (χ4n) is 0.799. The van der Waals surface area contributed by atoms with Gasteiger partial charge in [0.15, 0.2) is 0 Å². The third-order valence-corrected chi connectivity index (χ3v) is 3.24. The van der Waals surface area contributed by atoms with Crippen LogP contribution in [-0.4, -0.2) is 39.4 Å². The maximum absolute atomic E-state index is 11.4. The summed E-state index contributed by atoms with van der Waals surface area (Å²) in [6.45, 7) is 3.18. The summed E-state index contributed by atoms with van der Waals surface area (Å²) in [7, 11) is -1.73. The molecule has 0 fully saturated rings. The van der Waals surface area contributed by atoms with E-state index in [4.69, 9.17) is 5.73 Å². The molecule has 0 rings (SSSR count). The highest BCUT2D eigenvalue weighted by Crippen LogP contribution is 1.96. The molecule has 0 unspecified atom stereocenters. The van der Waals surface area contributed by atoms with Crippen LogP contribution in [-0.2, 0) is 10.2 Å². The topological polar surface area (TPSA) is 75.4 Å². The predicted octanol–water partition coefficient (Wildman–Crippen LogP) is -0.489. The van der Waals surface area contributed by atoms with Crippen LogP contribution < -0.4 is 10.5 Å². The molecule has 0 amide bonds. The van der Waals surface area contributed by atoms with Gasteiger partial charge in [-0.1, -0.05) is 13.3 Å². The number of nitrogens with two attached hydrogens (primary N) is 1. The van der Waals surface area contributed by atoms with Crippen molar-refractivity contribution in [1.82, 2.24) is 9.03 Å². The zero-order chi connectivity index (χ0) is 10.3. The van der Waals surface area contributed by atoms with Crippen LogP contribution in [0.1, 0.15) is 19.8 Å². The Kier molecular flexibility index (Phi) is 6.23. The monoisotopic (exact) mass is 209 g/mol. The summed E-state index contributed by atoms with van der Waals surface area (Å²) >= 11 is 0. The molecule has 0 aromatic carbocycles. The first kappa shape index (κ1) is 12.8. The van der Waals surface area contributed by atoms with Gasteiger partial charge in [0.05, 0.1) is 0 Å². The van der Waals surface area contributed by atoms with Gasteiger partial charge in [0.25, 0.3) is 10.2 Å². The van der Waals surface area contributed by atoms with E-state index in [2.05, 4.69) is 4.72 Å². The summed E-state index contributed by atoms with van der Waals surface area (Å²) in [6.07, 6.45) is 1.86. The number of hydrogen-bond acceptors (Lipinski definition) is 3. The molecule has 0 heterocycles. The lowest BCUT2D eigenvalue weighted by Crippen LogP contribution is -2.40. The maximum Gasteiger partial charge on any atom is 0.279 e.